The maximum absolute atomic E-state index is 13.4. The first kappa shape index (κ1) is 29.0. The van der Waals surface area contributed by atoms with Gasteiger partial charge in [-0.1, -0.05) is 47.1 Å². The van der Waals surface area contributed by atoms with Gasteiger partial charge in [0, 0.05) is 6.20 Å². The molecule has 2 bridgehead atoms. The van der Waals surface area contributed by atoms with E-state index in [1.165, 1.54) is 6.92 Å². The third-order valence-electron chi connectivity index (χ3n) is 9.28. The van der Waals surface area contributed by atoms with Crippen molar-refractivity contribution in [2.45, 2.75) is 117 Å². The Kier molecular flexibility index (Phi) is 8.60. The minimum Gasteiger partial charge on any atom is -0.404 e. The predicted octanol–water partition coefficient (Wildman–Crippen LogP) is 3.70. The maximum Gasteiger partial charge on any atom is 0.481 e. The van der Waals surface area contributed by atoms with Crippen LogP contribution in [0.4, 0.5) is 0 Å². The largest absolute Gasteiger partial charge is 0.481 e. The number of rotatable bonds is 11. The van der Waals surface area contributed by atoms with Crippen LogP contribution in [0.3, 0.4) is 0 Å². The van der Waals surface area contributed by atoms with Crippen LogP contribution in [0.15, 0.2) is 18.3 Å². The van der Waals surface area contributed by atoms with E-state index in [9.17, 15) is 14.7 Å². The van der Waals surface area contributed by atoms with Gasteiger partial charge in [0.2, 0.25) is 5.91 Å². The van der Waals surface area contributed by atoms with Crippen molar-refractivity contribution in [1.82, 2.24) is 15.6 Å². The first-order chi connectivity index (χ1) is 17.9. The second kappa shape index (κ2) is 11.3. The smallest absolute Gasteiger partial charge is 0.404 e. The van der Waals surface area contributed by atoms with Gasteiger partial charge in [-0.25, -0.2) is 0 Å². The molecule has 3 saturated carbocycles. The van der Waals surface area contributed by atoms with Crippen LogP contribution in [0.25, 0.3) is 0 Å². The molecule has 7 atom stereocenters. The number of aliphatic hydroxyl groups excluding tert-OH is 1. The lowest BCUT2D eigenvalue weighted by Gasteiger charge is -2.64. The molecule has 8 nitrogen and oxygen atoms in total. The van der Waals surface area contributed by atoms with Crippen LogP contribution in [0.1, 0.15) is 96.6 Å². The fourth-order valence-corrected chi connectivity index (χ4v) is 6.80. The summed E-state index contributed by atoms with van der Waals surface area (Å²) in [6, 6.07) is 2.41. The Labute approximate surface area is 228 Å². The molecule has 38 heavy (non-hydrogen) atoms. The van der Waals surface area contributed by atoms with Gasteiger partial charge >= 0.3 is 7.12 Å². The van der Waals surface area contributed by atoms with Crippen molar-refractivity contribution in [3.63, 3.8) is 0 Å². The van der Waals surface area contributed by atoms with Crippen LogP contribution in [0.2, 0.25) is 0 Å². The molecule has 2 amide bonds. The van der Waals surface area contributed by atoms with Crippen LogP contribution in [0.5, 0.6) is 0 Å². The lowest BCUT2D eigenvalue weighted by atomic mass is 9.43. The first-order valence-corrected chi connectivity index (χ1v) is 14.4. The van der Waals surface area contributed by atoms with Gasteiger partial charge in [0.1, 0.15) is 11.7 Å². The summed E-state index contributed by atoms with van der Waals surface area (Å²) in [6.45, 7) is 14.6. The van der Waals surface area contributed by atoms with E-state index < -0.39 is 37.0 Å². The minimum absolute atomic E-state index is 0.00877. The van der Waals surface area contributed by atoms with Crippen LogP contribution < -0.4 is 10.6 Å². The van der Waals surface area contributed by atoms with E-state index in [1.54, 1.807) is 12.3 Å². The van der Waals surface area contributed by atoms with Crippen molar-refractivity contribution in [3.05, 3.63) is 29.6 Å². The van der Waals surface area contributed by atoms with Crippen molar-refractivity contribution in [1.29, 1.82) is 0 Å². The fraction of sp³-hybridized carbons (Fsp3) is 0.759. The molecule has 1 aromatic rings. The number of aryl methyl sites for hydroxylation is 1. The third kappa shape index (κ3) is 5.66. The van der Waals surface area contributed by atoms with Gasteiger partial charge in [0.25, 0.3) is 5.91 Å². The summed E-state index contributed by atoms with van der Waals surface area (Å²) in [6.07, 6.45) is 6.43. The lowest BCUT2D eigenvalue weighted by Crippen LogP contribution is -2.65. The number of carbonyl (C=O) groups excluding carboxylic acids is 2. The number of nitrogens with zero attached hydrogens (tertiary/aromatic N) is 1. The third-order valence-corrected chi connectivity index (χ3v) is 9.28. The van der Waals surface area contributed by atoms with Gasteiger partial charge in [-0.3, -0.25) is 14.6 Å². The number of aromatic nitrogens is 1. The van der Waals surface area contributed by atoms with Crippen molar-refractivity contribution < 1.29 is 24.0 Å². The highest BCUT2D eigenvalue weighted by molar-refractivity contribution is 6.48. The molecule has 210 valence electrons. The van der Waals surface area contributed by atoms with E-state index in [0.29, 0.717) is 18.3 Å². The Morgan fingerprint density at radius 2 is 1.92 bits per heavy atom. The standard InChI is InChI=1S/C29H46BN3O5/c1-8-9-10-19-11-12-21(31-16-19)26(35)33-25(18(4)34)27(36)32-24(13-17(2)3)30-37-23-15-20-14-22(28(20,5)6)29(23,7)38-30/h11-12,16-18,20,22-25,34H,8-10,13-15H2,1-7H3,(H,32,36)(H,33,35)/t18-,20+,22+,23-,24+,25+,29+/m1/s1. The normalized spacial score (nSPS) is 29.7. The molecular weight excluding hydrogens is 481 g/mol. The lowest BCUT2D eigenvalue weighted by molar-refractivity contribution is -0.199. The average Bonchev–Trinajstić information content (AvgIpc) is 3.22. The van der Waals surface area contributed by atoms with Crippen molar-refractivity contribution in [2.75, 3.05) is 0 Å². The Morgan fingerprint density at radius 3 is 2.50 bits per heavy atom. The summed E-state index contributed by atoms with van der Waals surface area (Å²) < 4.78 is 13.1. The van der Waals surface area contributed by atoms with Crippen LogP contribution in [0, 0.1) is 23.2 Å². The molecule has 0 aromatic carbocycles. The molecule has 0 unspecified atom stereocenters. The summed E-state index contributed by atoms with van der Waals surface area (Å²) in [7, 11) is -0.575. The van der Waals surface area contributed by atoms with Crippen molar-refractivity contribution in [3.8, 4) is 0 Å². The zero-order valence-corrected chi connectivity index (χ0v) is 24.1. The molecule has 5 rings (SSSR count). The van der Waals surface area contributed by atoms with E-state index >= 15 is 0 Å². The summed E-state index contributed by atoms with van der Waals surface area (Å²) in [4.78, 5) is 30.6. The monoisotopic (exact) mass is 527 g/mol. The highest BCUT2D eigenvalue weighted by atomic mass is 16.7. The zero-order valence-electron chi connectivity index (χ0n) is 24.1. The van der Waals surface area contributed by atoms with Gasteiger partial charge in [0.05, 0.1) is 23.8 Å². The second-order valence-electron chi connectivity index (χ2n) is 12.9. The summed E-state index contributed by atoms with van der Waals surface area (Å²) >= 11 is 0. The average molecular weight is 528 g/mol. The summed E-state index contributed by atoms with van der Waals surface area (Å²) in [5.41, 5.74) is 1.12. The fourth-order valence-electron chi connectivity index (χ4n) is 6.80. The number of hydrogen-bond donors (Lipinski definition) is 3. The van der Waals surface area contributed by atoms with Crippen LogP contribution in [-0.4, -0.2) is 58.8 Å². The molecular formula is C29H46BN3O5. The Balaban J connectivity index is 1.43. The molecule has 0 radical (unpaired) electrons. The van der Waals surface area contributed by atoms with Gasteiger partial charge in [-0.05, 0) is 80.8 Å². The molecule has 0 spiro atoms. The molecule has 2 heterocycles. The van der Waals surface area contributed by atoms with E-state index in [1.807, 2.05) is 6.07 Å². The minimum atomic E-state index is -1.13. The Morgan fingerprint density at radius 1 is 1.18 bits per heavy atom. The highest BCUT2D eigenvalue weighted by Gasteiger charge is 2.68. The van der Waals surface area contributed by atoms with Crippen LogP contribution in [-0.2, 0) is 20.5 Å². The topological polar surface area (TPSA) is 110 Å². The number of unbranched alkanes of at least 4 members (excludes halogenated alkanes) is 1. The zero-order chi connectivity index (χ0) is 27.8. The molecule has 1 aromatic heterocycles. The van der Waals surface area contributed by atoms with E-state index in [4.69, 9.17) is 9.31 Å². The Hall–Kier alpha value is -1.97. The van der Waals surface area contributed by atoms with Crippen molar-refractivity contribution >= 4 is 18.9 Å². The van der Waals surface area contributed by atoms with E-state index in [2.05, 4.69) is 57.2 Å². The Bertz CT molecular complexity index is 1000. The predicted molar refractivity (Wildman–Crippen MR) is 147 cm³/mol. The second-order valence-corrected chi connectivity index (χ2v) is 12.9. The molecule has 4 aliphatic rings. The number of carbonyl (C=O) groups is 2. The molecule has 9 heteroatoms. The SMILES string of the molecule is CCCCc1ccc(C(=O)N[C@H](C(=O)N[C@@H](CC(C)C)B2O[C@@H]3C[C@@H]4C[C@@H](C4(C)C)[C@]3(C)O2)[C@@H](C)O)nc1. The van der Waals surface area contributed by atoms with Gasteiger partial charge in [0.15, 0.2) is 0 Å². The number of amides is 2. The molecule has 3 aliphatic carbocycles. The summed E-state index contributed by atoms with van der Waals surface area (Å²) in [5, 5.41) is 16.2. The van der Waals surface area contributed by atoms with E-state index in [0.717, 1.165) is 37.7 Å². The van der Waals surface area contributed by atoms with Crippen LogP contribution >= 0.6 is 0 Å². The van der Waals surface area contributed by atoms with Gasteiger partial charge < -0.3 is 25.0 Å². The summed E-state index contributed by atoms with van der Waals surface area (Å²) in [5.74, 6) is -0.0278. The maximum atomic E-state index is 13.4. The molecule has 1 aliphatic heterocycles. The molecule has 1 saturated heterocycles. The molecule has 3 N–H and O–H groups in total. The highest BCUT2D eigenvalue weighted by Crippen LogP contribution is 2.65. The van der Waals surface area contributed by atoms with Crippen molar-refractivity contribution in [2.24, 2.45) is 23.2 Å². The molecule has 4 fully saturated rings. The number of pyridine rings is 1. The number of aliphatic hydroxyl groups is 1. The number of nitrogens with one attached hydrogen (secondary N) is 2. The quantitative estimate of drug-likeness (QED) is 0.379. The van der Waals surface area contributed by atoms with Gasteiger partial charge in [-0.2, -0.15) is 0 Å². The first-order valence-electron chi connectivity index (χ1n) is 14.4. The number of hydrogen-bond acceptors (Lipinski definition) is 6. The van der Waals surface area contributed by atoms with E-state index in [-0.39, 0.29) is 28.7 Å². The van der Waals surface area contributed by atoms with Gasteiger partial charge in [-0.15, -0.1) is 0 Å².